The normalized spacial score (nSPS) is 10.6. The minimum absolute atomic E-state index is 0.0826. The lowest BCUT2D eigenvalue weighted by molar-refractivity contribution is -0.123. The number of aliphatic hydroxyl groups is 1. The number of aliphatic hydroxyl groups excluding tert-OH is 1. The van der Waals surface area contributed by atoms with Crippen LogP contribution in [0.2, 0.25) is 0 Å². The molecule has 0 saturated carbocycles. The number of fused-ring (bicyclic) bond motifs is 1. The Bertz CT molecular complexity index is 550. The van der Waals surface area contributed by atoms with Gasteiger partial charge in [0.1, 0.15) is 0 Å². The molecular formula is C12H15N3O3. The van der Waals surface area contributed by atoms with Crippen molar-refractivity contribution in [3.8, 4) is 5.75 Å². The highest BCUT2D eigenvalue weighted by molar-refractivity contribution is 5.77. The smallest absolute Gasteiger partial charge is 0.258 e. The van der Waals surface area contributed by atoms with Crippen LogP contribution in [-0.4, -0.2) is 40.2 Å². The molecule has 0 fully saturated rings. The maximum absolute atomic E-state index is 11.3. The number of aryl methyl sites for hydroxylation is 1. The Morgan fingerprint density at radius 3 is 3.22 bits per heavy atom. The van der Waals surface area contributed by atoms with Crippen LogP contribution in [0, 0.1) is 6.92 Å². The van der Waals surface area contributed by atoms with Crippen LogP contribution in [0.5, 0.6) is 5.75 Å². The number of ether oxygens (including phenoxy) is 1. The van der Waals surface area contributed by atoms with Gasteiger partial charge in [0.05, 0.1) is 12.3 Å². The van der Waals surface area contributed by atoms with Crippen LogP contribution >= 0.6 is 0 Å². The maximum Gasteiger partial charge on any atom is 0.258 e. The van der Waals surface area contributed by atoms with E-state index in [0.717, 1.165) is 5.69 Å². The van der Waals surface area contributed by atoms with Crippen molar-refractivity contribution >= 4 is 11.6 Å². The fourth-order valence-electron chi connectivity index (χ4n) is 1.61. The molecule has 6 nitrogen and oxygen atoms in total. The predicted molar refractivity (Wildman–Crippen MR) is 65.5 cm³/mol. The third-order valence-corrected chi connectivity index (χ3v) is 2.36. The number of nitrogens with one attached hydrogen (secondary N) is 1. The second-order valence-corrected chi connectivity index (χ2v) is 3.85. The zero-order chi connectivity index (χ0) is 13.0. The first-order valence-electron chi connectivity index (χ1n) is 5.65. The number of hydrogen-bond donors (Lipinski definition) is 2. The minimum Gasteiger partial charge on any atom is -0.480 e. The first-order chi connectivity index (χ1) is 8.70. The molecule has 2 aromatic heterocycles. The van der Waals surface area contributed by atoms with E-state index in [9.17, 15) is 4.79 Å². The van der Waals surface area contributed by atoms with Gasteiger partial charge in [0.25, 0.3) is 5.91 Å². The molecule has 96 valence electrons. The Morgan fingerprint density at radius 2 is 2.44 bits per heavy atom. The van der Waals surface area contributed by atoms with Gasteiger partial charge >= 0.3 is 0 Å². The van der Waals surface area contributed by atoms with Crippen LogP contribution in [0.3, 0.4) is 0 Å². The summed E-state index contributed by atoms with van der Waals surface area (Å²) in [7, 11) is 0. The molecule has 0 unspecified atom stereocenters. The number of imidazole rings is 1. The zero-order valence-electron chi connectivity index (χ0n) is 10.1. The van der Waals surface area contributed by atoms with E-state index in [1.54, 1.807) is 6.07 Å². The molecule has 2 heterocycles. The SMILES string of the molecule is Cc1cn2cccc(OCC(=O)NCCO)c2n1. The van der Waals surface area contributed by atoms with E-state index in [-0.39, 0.29) is 25.7 Å². The largest absolute Gasteiger partial charge is 0.480 e. The zero-order valence-corrected chi connectivity index (χ0v) is 10.1. The van der Waals surface area contributed by atoms with Crippen molar-refractivity contribution in [1.82, 2.24) is 14.7 Å². The summed E-state index contributed by atoms with van der Waals surface area (Å²) < 4.78 is 7.26. The number of aromatic nitrogens is 2. The maximum atomic E-state index is 11.3. The highest BCUT2D eigenvalue weighted by Crippen LogP contribution is 2.18. The number of hydrogen-bond acceptors (Lipinski definition) is 4. The molecule has 2 N–H and O–H groups in total. The molecule has 0 aliphatic carbocycles. The molecular weight excluding hydrogens is 234 g/mol. The summed E-state index contributed by atoms with van der Waals surface area (Å²) >= 11 is 0. The van der Waals surface area contributed by atoms with Gasteiger partial charge in [-0.3, -0.25) is 4.79 Å². The van der Waals surface area contributed by atoms with Crippen molar-refractivity contribution in [2.45, 2.75) is 6.92 Å². The van der Waals surface area contributed by atoms with Crippen LogP contribution in [-0.2, 0) is 4.79 Å². The molecule has 0 aromatic carbocycles. The molecule has 2 aromatic rings. The number of carbonyl (C=O) groups excluding carboxylic acids is 1. The van der Waals surface area contributed by atoms with E-state index in [2.05, 4.69) is 10.3 Å². The molecule has 18 heavy (non-hydrogen) atoms. The topological polar surface area (TPSA) is 75.9 Å². The standard InChI is InChI=1S/C12H15N3O3/c1-9-7-15-5-2-3-10(12(15)14-9)18-8-11(17)13-4-6-16/h2-3,5,7,16H,4,6,8H2,1H3,(H,13,17). The summed E-state index contributed by atoms with van der Waals surface area (Å²) in [4.78, 5) is 15.7. The fraction of sp³-hybridized carbons (Fsp3) is 0.333. The minimum atomic E-state index is -0.269. The second-order valence-electron chi connectivity index (χ2n) is 3.85. The van der Waals surface area contributed by atoms with Crippen molar-refractivity contribution in [3.63, 3.8) is 0 Å². The molecule has 1 amide bonds. The van der Waals surface area contributed by atoms with Crippen molar-refractivity contribution in [1.29, 1.82) is 0 Å². The van der Waals surface area contributed by atoms with Crippen LogP contribution in [0.1, 0.15) is 5.69 Å². The third-order valence-electron chi connectivity index (χ3n) is 2.36. The first kappa shape index (κ1) is 12.4. The molecule has 6 heteroatoms. The second kappa shape index (κ2) is 5.50. The fourth-order valence-corrected chi connectivity index (χ4v) is 1.61. The molecule has 2 rings (SSSR count). The lowest BCUT2D eigenvalue weighted by Gasteiger charge is -2.07. The number of rotatable bonds is 5. The molecule has 0 bridgehead atoms. The van der Waals surface area contributed by atoms with Crippen molar-refractivity contribution < 1.29 is 14.6 Å². The first-order valence-corrected chi connectivity index (χ1v) is 5.65. The van der Waals surface area contributed by atoms with Gasteiger partial charge in [-0.25, -0.2) is 4.98 Å². The summed E-state index contributed by atoms with van der Waals surface area (Å²) in [6.07, 6.45) is 3.75. The highest BCUT2D eigenvalue weighted by Gasteiger charge is 2.07. The molecule has 0 spiro atoms. The van der Waals surface area contributed by atoms with E-state index in [1.807, 2.05) is 29.8 Å². The van der Waals surface area contributed by atoms with Gasteiger partial charge in [-0.05, 0) is 19.1 Å². The number of pyridine rings is 1. The summed E-state index contributed by atoms with van der Waals surface area (Å²) in [5, 5.41) is 11.1. The predicted octanol–water partition coefficient (Wildman–Crippen LogP) is 0.130. The van der Waals surface area contributed by atoms with E-state index >= 15 is 0 Å². The summed E-state index contributed by atoms with van der Waals surface area (Å²) in [6.45, 7) is 1.95. The lowest BCUT2D eigenvalue weighted by atomic mass is 10.4. The average Bonchev–Trinajstić information content (AvgIpc) is 2.74. The van der Waals surface area contributed by atoms with Crippen molar-refractivity contribution in [2.75, 3.05) is 19.8 Å². The van der Waals surface area contributed by atoms with E-state index in [0.29, 0.717) is 11.4 Å². The highest BCUT2D eigenvalue weighted by atomic mass is 16.5. The lowest BCUT2D eigenvalue weighted by Crippen LogP contribution is -2.31. The van der Waals surface area contributed by atoms with Gasteiger partial charge in [0.2, 0.25) is 0 Å². The Morgan fingerprint density at radius 1 is 1.61 bits per heavy atom. The summed E-state index contributed by atoms with van der Waals surface area (Å²) in [6, 6.07) is 3.59. The molecule has 0 saturated heterocycles. The van der Waals surface area contributed by atoms with Crippen LogP contribution in [0.15, 0.2) is 24.5 Å². The molecule has 0 atom stereocenters. The van der Waals surface area contributed by atoms with Gasteiger partial charge in [-0.15, -0.1) is 0 Å². The number of amides is 1. The molecule has 0 aliphatic heterocycles. The average molecular weight is 249 g/mol. The van der Waals surface area contributed by atoms with E-state index < -0.39 is 0 Å². The number of nitrogens with zero attached hydrogens (tertiary/aromatic N) is 2. The number of carbonyl (C=O) groups is 1. The van der Waals surface area contributed by atoms with E-state index in [1.165, 1.54) is 0 Å². The third kappa shape index (κ3) is 2.78. The van der Waals surface area contributed by atoms with Crippen LogP contribution in [0.4, 0.5) is 0 Å². The Balaban J connectivity index is 2.05. The van der Waals surface area contributed by atoms with Crippen molar-refractivity contribution in [2.24, 2.45) is 0 Å². The Kier molecular flexibility index (Phi) is 3.78. The Labute approximate surface area is 104 Å². The summed E-state index contributed by atoms with van der Waals surface area (Å²) in [5.41, 5.74) is 1.57. The van der Waals surface area contributed by atoms with Gasteiger partial charge in [0.15, 0.2) is 18.0 Å². The van der Waals surface area contributed by atoms with Gasteiger partial charge in [0, 0.05) is 18.9 Å². The van der Waals surface area contributed by atoms with Gasteiger partial charge in [-0.1, -0.05) is 0 Å². The monoisotopic (exact) mass is 249 g/mol. The van der Waals surface area contributed by atoms with Crippen LogP contribution < -0.4 is 10.1 Å². The van der Waals surface area contributed by atoms with Gasteiger partial charge < -0.3 is 19.6 Å². The quantitative estimate of drug-likeness (QED) is 0.789. The Hall–Kier alpha value is -2.08. The summed E-state index contributed by atoms with van der Waals surface area (Å²) in [5.74, 6) is 0.291. The van der Waals surface area contributed by atoms with E-state index in [4.69, 9.17) is 9.84 Å². The van der Waals surface area contributed by atoms with Crippen LogP contribution in [0.25, 0.3) is 5.65 Å². The van der Waals surface area contributed by atoms with Gasteiger partial charge in [-0.2, -0.15) is 0 Å². The molecule has 0 aliphatic rings. The van der Waals surface area contributed by atoms with Crippen molar-refractivity contribution in [3.05, 3.63) is 30.2 Å². The molecule has 0 radical (unpaired) electrons.